The molecule has 2 N–H and O–H groups in total. The van der Waals surface area contributed by atoms with Gasteiger partial charge in [0.25, 0.3) is 5.56 Å². The highest BCUT2D eigenvalue weighted by Gasteiger charge is 2.22. The van der Waals surface area contributed by atoms with E-state index in [1.807, 2.05) is 32.0 Å². The number of ether oxygens (including phenoxy) is 1. The lowest BCUT2D eigenvalue weighted by molar-refractivity contribution is 0.207. The Bertz CT molecular complexity index is 1070. The van der Waals surface area contributed by atoms with Gasteiger partial charge >= 0.3 is 0 Å². The average Bonchev–Trinajstić information content (AvgIpc) is 2.57. The molecule has 0 aliphatic rings. The molecule has 0 fully saturated rings. The highest BCUT2D eigenvalue weighted by atomic mass is 35.5. The maximum atomic E-state index is 12.9. The molecule has 0 spiro atoms. The SMILES string of the molecule is Cc1cc2c3ccc(OCC(C)(N)CC(C)C)c(Cl)c3c(=O)n(C)c2cn1. The van der Waals surface area contributed by atoms with Gasteiger partial charge in [0.15, 0.2) is 0 Å². The highest BCUT2D eigenvalue weighted by molar-refractivity contribution is 6.37. The summed E-state index contributed by atoms with van der Waals surface area (Å²) in [6.45, 7) is 8.46. The number of aromatic nitrogens is 2. The van der Waals surface area contributed by atoms with Gasteiger partial charge in [-0.1, -0.05) is 25.4 Å². The number of hydrogen-bond donors (Lipinski definition) is 1. The first kappa shape index (κ1) is 19.6. The van der Waals surface area contributed by atoms with E-state index in [9.17, 15) is 4.79 Å². The Hall–Kier alpha value is -2.11. The Morgan fingerprint density at radius 2 is 2.04 bits per heavy atom. The molecule has 1 aromatic carbocycles. The zero-order chi connectivity index (χ0) is 19.9. The molecule has 0 saturated heterocycles. The summed E-state index contributed by atoms with van der Waals surface area (Å²) in [5.41, 5.74) is 7.35. The second kappa shape index (κ2) is 7.13. The van der Waals surface area contributed by atoms with Crippen LogP contribution in [0.1, 0.15) is 32.9 Å². The molecule has 0 bridgehead atoms. The van der Waals surface area contributed by atoms with Gasteiger partial charge in [-0.15, -0.1) is 0 Å². The number of halogens is 1. The number of fused-ring (bicyclic) bond motifs is 3. The second-order valence-corrected chi connectivity index (χ2v) is 8.43. The minimum atomic E-state index is -0.469. The molecule has 0 radical (unpaired) electrons. The first-order valence-electron chi connectivity index (χ1n) is 9.10. The van der Waals surface area contributed by atoms with E-state index in [1.54, 1.807) is 17.8 Å². The normalized spacial score (nSPS) is 14.1. The first-order valence-corrected chi connectivity index (χ1v) is 9.48. The van der Waals surface area contributed by atoms with E-state index in [0.29, 0.717) is 28.7 Å². The molecular weight excluding hydrogens is 362 g/mol. The van der Waals surface area contributed by atoms with Gasteiger partial charge in [0, 0.05) is 23.7 Å². The Morgan fingerprint density at radius 1 is 1.33 bits per heavy atom. The van der Waals surface area contributed by atoms with Gasteiger partial charge in [-0.3, -0.25) is 9.78 Å². The topological polar surface area (TPSA) is 70.1 Å². The van der Waals surface area contributed by atoms with Crippen LogP contribution in [-0.2, 0) is 7.05 Å². The van der Waals surface area contributed by atoms with Crippen molar-refractivity contribution in [1.29, 1.82) is 0 Å². The lowest BCUT2D eigenvalue weighted by atomic mass is 9.93. The van der Waals surface area contributed by atoms with Crippen LogP contribution < -0.4 is 16.0 Å². The maximum absolute atomic E-state index is 12.9. The van der Waals surface area contributed by atoms with Gasteiger partial charge < -0.3 is 15.0 Å². The highest BCUT2D eigenvalue weighted by Crippen LogP contribution is 2.34. The van der Waals surface area contributed by atoms with E-state index in [2.05, 4.69) is 18.8 Å². The van der Waals surface area contributed by atoms with Gasteiger partial charge in [-0.2, -0.15) is 0 Å². The Balaban J connectivity index is 2.11. The van der Waals surface area contributed by atoms with Gasteiger partial charge in [0.1, 0.15) is 12.4 Å². The number of hydrogen-bond acceptors (Lipinski definition) is 4. The molecule has 0 amide bonds. The molecule has 6 heteroatoms. The van der Waals surface area contributed by atoms with Crippen LogP contribution in [0.4, 0.5) is 0 Å². The molecule has 0 saturated carbocycles. The monoisotopic (exact) mass is 387 g/mol. The predicted octanol–water partition coefficient (Wildman–Crippen LogP) is 4.19. The van der Waals surface area contributed by atoms with E-state index in [-0.39, 0.29) is 5.56 Å². The molecule has 1 atom stereocenters. The van der Waals surface area contributed by atoms with Crippen LogP contribution in [-0.4, -0.2) is 21.7 Å². The lowest BCUT2D eigenvalue weighted by Gasteiger charge is -2.27. The predicted molar refractivity (Wildman–Crippen MR) is 112 cm³/mol. The summed E-state index contributed by atoms with van der Waals surface area (Å²) in [4.78, 5) is 17.2. The Morgan fingerprint density at radius 3 is 2.70 bits per heavy atom. The molecule has 0 aliphatic heterocycles. The van der Waals surface area contributed by atoms with Gasteiger partial charge in [0.05, 0.1) is 22.1 Å². The fourth-order valence-corrected chi connectivity index (χ4v) is 3.95. The summed E-state index contributed by atoms with van der Waals surface area (Å²) in [6, 6.07) is 5.66. The molecular formula is C21H26ClN3O2. The number of aryl methyl sites for hydroxylation is 2. The van der Waals surface area contributed by atoms with Crippen molar-refractivity contribution in [2.24, 2.45) is 18.7 Å². The second-order valence-electron chi connectivity index (χ2n) is 8.05. The summed E-state index contributed by atoms with van der Waals surface area (Å²) in [7, 11) is 1.73. The Kier molecular flexibility index (Phi) is 5.19. The zero-order valence-corrected chi connectivity index (χ0v) is 17.2. The summed E-state index contributed by atoms with van der Waals surface area (Å²) in [5, 5.41) is 2.52. The van der Waals surface area contributed by atoms with Crippen molar-refractivity contribution in [1.82, 2.24) is 9.55 Å². The summed E-state index contributed by atoms with van der Waals surface area (Å²) < 4.78 is 7.50. The molecule has 3 aromatic rings. The molecule has 2 aromatic heterocycles. The van der Waals surface area contributed by atoms with E-state index in [4.69, 9.17) is 22.1 Å². The number of nitrogens with zero attached hydrogens (tertiary/aromatic N) is 2. The van der Waals surface area contributed by atoms with Crippen molar-refractivity contribution in [2.75, 3.05) is 6.61 Å². The van der Waals surface area contributed by atoms with E-state index in [0.717, 1.165) is 28.4 Å². The molecule has 0 aliphatic carbocycles. The van der Waals surface area contributed by atoms with E-state index in [1.165, 1.54) is 0 Å². The van der Waals surface area contributed by atoms with Crippen LogP contribution in [0.2, 0.25) is 5.02 Å². The zero-order valence-electron chi connectivity index (χ0n) is 16.5. The minimum Gasteiger partial charge on any atom is -0.490 e. The van der Waals surface area contributed by atoms with Crippen molar-refractivity contribution >= 4 is 33.3 Å². The first-order chi connectivity index (χ1) is 12.6. The van der Waals surface area contributed by atoms with Crippen LogP contribution in [0.5, 0.6) is 5.75 Å². The third-order valence-electron chi connectivity index (χ3n) is 4.73. The van der Waals surface area contributed by atoms with Gasteiger partial charge in [-0.05, 0) is 49.8 Å². The molecule has 5 nitrogen and oxygen atoms in total. The smallest absolute Gasteiger partial charge is 0.260 e. The lowest BCUT2D eigenvalue weighted by Crippen LogP contribution is -2.43. The minimum absolute atomic E-state index is 0.170. The van der Waals surface area contributed by atoms with Crippen molar-refractivity contribution in [3.05, 3.63) is 45.5 Å². The molecule has 144 valence electrons. The number of benzene rings is 1. The average molecular weight is 388 g/mol. The van der Waals surface area contributed by atoms with Crippen LogP contribution in [0.15, 0.2) is 29.2 Å². The van der Waals surface area contributed by atoms with Crippen LogP contribution in [0, 0.1) is 12.8 Å². The van der Waals surface area contributed by atoms with Crippen LogP contribution >= 0.6 is 11.6 Å². The Labute approximate surface area is 164 Å². The summed E-state index contributed by atoms with van der Waals surface area (Å²) >= 11 is 6.60. The number of nitrogens with two attached hydrogens (primary N) is 1. The third-order valence-corrected chi connectivity index (χ3v) is 5.10. The van der Waals surface area contributed by atoms with Crippen LogP contribution in [0.25, 0.3) is 21.7 Å². The van der Waals surface area contributed by atoms with Crippen molar-refractivity contribution in [3.63, 3.8) is 0 Å². The number of rotatable bonds is 5. The maximum Gasteiger partial charge on any atom is 0.260 e. The fraction of sp³-hybridized carbons (Fsp3) is 0.429. The number of pyridine rings is 2. The molecule has 2 heterocycles. The quantitative estimate of drug-likeness (QED) is 0.666. The van der Waals surface area contributed by atoms with Crippen molar-refractivity contribution in [3.8, 4) is 5.75 Å². The molecule has 3 rings (SSSR count). The van der Waals surface area contributed by atoms with Gasteiger partial charge in [0.2, 0.25) is 0 Å². The van der Waals surface area contributed by atoms with E-state index >= 15 is 0 Å². The summed E-state index contributed by atoms with van der Waals surface area (Å²) in [6.07, 6.45) is 2.55. The molecule has 27 heavy (non-hydrogen) atoms. The largest absolute Gasteiger partial charge is 0.490 e. The fourth-order valence-electron chi connectivity index (χ4n) is 3.65. The van der Waals surface area contributed by atoms with Gasteiger partial charge in [-0.25, -0.2) is 0 Å². The summed E-state index contributed by atoms with van der Waals surface area (Å²) in [5.74, 6) is 0.943. The van der Waals surface area contributed by atoms with Crippen molar-refractivity contribution in [2.45, 2.75) is 39.7 Å². The molecule has 1 unspecified atom stereocenters. The van der Waals surface area contributed by atoms with Crippen molar-refractivity contribution < 1.29 is 4.74 Å². The van der Waals surface area contributed by atoms with Crippen LogP contribution in [0.3, 0.4) is 0 Å². The van der Waals surface area contributed by atoms with E-state index < -0.39 is 5.54 Å². The third kappa shape index (κ3) is 3.80. The standard InChI is InChI=1S/C21H26ClN3O2/c1-12(2)9-21(4,23)11-27-17-7-6-14-15-8-13(3)24-10-16(15)25(5)20(26)18(14)19(17)22/h6-8,10,12H,9,11,23H2,1-5H3.